The van der Waals surface area contributed by atoms with Crippen molar-refractivity contribution in [1.82, 2.24) is 10.2 Å². The predicted octanol–water partition coefficient (Wildman–Crippen LogP) is 5.41. The fourth-order valence-corrected chi connectivity index (χ4v) is 4.94. The van der Waals surface area contributed by atoms with Gasteiger partial charge in [0.25, 0.3) is 0 Å². The van der Waals surface area contributed by atoms with Crippen LogP contribution in [0.5, 0.6) is 11.5 Å². The van der Waals surface area contributed by atoms with Crippen molar-refractivity contribution in [2.75, 3.05) is 26.4 Å². The quantitative estimate of drug-likeness (QED) is 0.321. The summed E-state index contributed by atoms with van der Waals surface area (Å²) >= 11 is 0. The molecule has 0 bridgehead atoms. The van der Waals surface area contributed by atoms with E-state index in [2.05, 4.69) is 5.32 Å². The Morgan fingerprint density at radius 1 is 1.11 bits per heavy atom. The van der Waals surface area contributed by atoms with Crippen LogP contribution in [0, 0.1) is 6.92 Å². The van der Waals surface area contributed by atoms with E-state index in [-0.39, 0.29) is 6.54 Å². The van der Waals surface area contributed by atoms with Gasteiger partial charge in [0, 0.05) is 18.7 Å². The van der Waals surface area contributed by atoms with Gasteiger partial charge in [-0.1, -0.05) is 30.3 Å². The molecule has 0 unspecified atom stereocenters. The molecule has 2 saturated carbocycles. The highest BCUT2D eigenvalue weighted by Gasteiger charge is 2.46. The van der Waals surface area contributed by atoms with E-state index < -0.39 is 17.5 Å². The second kappa shape index (κ2) is 12.5. The molecule has 2 N–H and O–H groups in total. The van der Waals surface area contributed by atoms with E-state index in [0.29, 0.717) is 51.7 Å². The molecular formula is C30H40N2O6. The van der Waals surface area contributed by atoms with Crippen LogP contribution in [0.3, 0.4) is 0 Å². The fraction of sp³-hybridized carbons (Fsp3) is 0.533. The first-order chi connectivity index (χ1) is 18.4. The minimum Gasteiger partial charge on any atom is -0.493 e. The van der Waals surface area contributed by atoms with Crippen LogP contribution in [0.25, 0.3) is 0 Å². The van der Waals surface area contributed by atoms with Crippen molar-refractivity contribution in [2.24, 2.45) is 0 Å². The number of nitrogens with zero attached hydrogens (tertiary/aromatic N) is 1. The molecule has 0 atom stereocenters. The van der Waals surface area contributed by atoms with Crippen LogP contribution < -0.4 is 14.8 Å². The molecule has 0 saturated heterocycles. The van der Waals surface area contributed by atoms with Gasteiger partial charge in [0.2, 0.25) is 0 Å². The first kappa shape index (κ1) is 27.8. The first-order valence-corrected chi connectivity index (χ1v) is 13.7. The summed E-state index contributed by atoms with van der Waals surface area (Å²) < 4.78 is 18.1. The Morgan fingerprint density at radius 3 is 2.39 bits per heavy atom. The van der Waals surface area contributed by atoms with Crippen molar-refractivity contribution >= 4 is 12.0 Å². The summed E-state index contributed by atoms with van der Waals surface area (Å²) in [5, 5.41) is 12.6. The molecule has 8 nitrogen and oxygen atoms in total. The Bertz CT molecular complexity index is 1110. The van der Waals surface area contributed by atoms with E-state index in [0.717, 1.165) is 53.0 Å². The Labute approximate surface area is 225 Å². The molecule has 2 aromatic rings. The average Bonchev–Trinajstić information content (AvgIpc) is 3.71. The number of nitrogens with one attached hydrogen (secondary N) is 1. The molecule has 0 spiro atoms. The van der Waals surface area contributed by atoms with Crippen molar-refractivity contribution in [3.05, 3.63) is 58.7 Å². The minimum atomic E-state index is -1.20. The van der Waals surface area contributed by atoms with Gasteiger partial charge in [-0.25, -0.2) is 9.59 Å². The van der Waals surface area contributed by atoms with Crippen molar-refractivity contribution in [3.8, 4) is 11.5 Å². The largest absolute Gasteiger partial charge is 0.493 e. The molecular weight excluding hydrogens is 484 g/mol. The summed E-state index contributed by atoms with van der Waals surface area (Å²) in [6, 6.07) is 11.5. The molecule has 206 valence electrons. The van der Waals surface area contributed by atoms with Gasteiger partial charge in [-0.2, -0.15) is 0 Å². The van der Waals surface area contributed by atoms with Crippen LogP contribution in [0.1, 0.15) is 74.1 Å². The van der Waals surface area contributed by atoms with E-state index in [9.17, 15) is 14.7 Å². The van der Waals surface area contributed by atoms with Crippen molar-refractivity contribution in [3.63, 3.8) is 0 Å². The number of carboxylic acid groups (broad SMARTS) is 1. The standard InChI is InChI=1S/C30H40N2O6/c1-4-37-25-18-24(21(3)27(38-5-2)26(25)23-12-13-23)19-32(16-17-36-20-22-10-7-6-8-11-22)29(35)31-30(28(33)34)14-9-15-30/h6-8,10-11,18,23H,4-5,9,12-17,19-20H2,1-3H3,(H,31,35)(H,33,34). The number of aliphatic carboxylic acids is 1. The Morgan fingerprint density at radius 2 is 1.82 bits per heavy atom. The first-order valence-electron chi connectivity index (χ1n) is 13.7. The number of ether oxygens (including phenoxy) is 3. The van der Waals surface area contributed by atoms with Crippen molar-refractivity contribution < 1.29 is 28.9 Å². The number of urea groups is 1. The van der Waals surface area contributed by atoms with E-state index >= 15 is 0 Å². The normalized spacial score (nSPS) is 15.9. The molecule has 2 aliphatic rings. The molecule has 38 heavy (non-hydrogen) atoms. The van der Waals surface area contributed by atoms with Gasteiger partial charge < -0.3 is 29.5 Å². The highest BCUT2D eigenvalue weighted by molar-refractivity contribution is 5.87. The molecule has 0 aromatic heterocycles. The van der Waals surface area contributed by atoms with Crippen molar-refractivity contribution in [1.29, 1.82) is 0 Å². The maximum absolute atomic E-state index is 13.5. The van der Waals surface area contributed by atoms with E-state index in [1.165, 1.54) is 0 Å². The molecule has 2 aliphatic carbocycles. The Kier molecular flexibility index (Phi) is 9.15. The van der Waals surface area contributed by atoms with Gasteiger partial charge >= 0.3 is 12.0 Å². The zero-order valence-corrected chi connectivity index (χ0v) is 22.8. The van der Waals surface area contributed by atoms with Crippen LogP contribution in [-0.4, -0.2) is 53.9 Å². The number of rotatable bonds is 14. The third-order valence-corrected chi connectivity index (χ3v) is 7.44. The number of carbonyl (C=O) groups is 2. The highest BCUT2D eigenvalue weighted by atomic mass is 16.5. The number of benzene rings is 2. The molecule has 0 heterocycles. The Hall–Kier alpha value is -3.26. The number of hydrogen-bond acceptors (Lipinski definition) is 5. The van der Waals surface area contributed by atoms with Crippen LogP contribution in [0.15, 0.2) is 36.4 Å². The van der Waals surface area contributed by atoms with Crippen LogP contribution >= 0.6 is 0 Å². The maximum Gasteiger partial charge on any atom is 0.329 e. The molecule has 0 aliphatic heterocycles. The second-order valence-corrected chi connectivity index (χ2v) is 10.2. The van der Waals surface area contributed by atoms with Crippen LogP contribution in [0.4, 0.5) is 4.79 Å². The van der Waals surface area contributed by atoms with E-state index in [1.54, 1.807) is 4.90 Å². The van der Waals surface area contributed by atoms with E-state index in [1.807, 2.05) is 57.2 Å². The molecule has 2 aromatic carbocycles. The van der Waals surface area contributed by atoms with Gasteiger partial charge in [-0.05, 0) is 81.5 Å². The van der Waals surface area contributed by atoms with Crippen LogP contribution in [0.2, 0.25) is 0 Å². The number of carbonyl (C=O) groups excluding carboxylic acids is 1. The minimum absolute atomic E-state index is 0.285. The summed E-state index contributed by atoms with van der Waals surface area (Å²) in [7, 11) is 0. The third kappa shape index (κ3) is 6.41. The SMILES string of the molecule is CCOc1cc(CN(CCOCc2ccccc2)C(=O)NC2(C(=O)O)CCC2)c(C)c(OCC)c1C1CC1. The lowest BCUT2D eigenvalue weighted by molar-refractivity contribution is -0.148. The van der Waals surface area contributed by atoms with Gasteiger partial charge in [0.15, 0.2) is 0 Å². The maximum atomic E-state index is 13.5. The number of amides is 2. The topological polar surface area (TPSA) is 97.3 Å². The average molecular weight is 525 g/mol. The number of carboxylic acids is 1. The summed E-state index contributed by atoms with van der Waals surface area (Å²) in [4.78, 5) is 27.1. The summed E-state index contributed by atoms with van der Waals surface area (Å²) in [6.45, 7) is 8.38. The highest BCUT2D eigenvalue weighted by Crippen LogP contribution is 2.51. The van der Waals surface area contributed by atoms with Gasteiger partial charge in [0.1, 0.15) is 17.0 Å². The summed E-state index contributed by atoms with van der Waals surface area (Å²) in [5.74, 6) is 1.10. The number of hydrogen-bond donors (Lipinski definition) is 2. The second-order valence-electron chi connectivity index (χ2n) is 10.2. The molecule has 4 rings (SSSR count). The molecule has 2 fully saturated rings. The fourth-order valence-electron chi connectivity index (χ4n) is 4.94. The van der Waals surface area contributed by atoms with E-state index in [4.69, 9.17) is 14.2 Å². The van der Waals surface area contributed by atoms with Crippen LogP contribution in [-0.2, 0) is 22.7 Å². The van der Waals surface area contributed by atoms with Gasteiger partial charge in [0.05, 0.1) is 26.4 Å². The predicted molar refractivity (Wildman–Crippen MR) is 145 cm³/mol. The lowest BCUT2D eigenvalue weighted by Gasteiger charge is -2.39. The summed E-state index contributed by atoms with van der Waals surface area (Å²) in [5.41, 5.74) is 2.88. The smallest absolute Gasteiger partial charge is 0.329 e. The summed E-state index contributed by atoms with van der Waals surface area (Å²) in [6.07, 6.45) is 3.88. The molecule has 2 amide bonds. The zero-order chi connectivity index (χ0) is 27.1. The molecule has 8 heteroatoms. The monoisotopic (exact) mass is 524 g/mol. The van der Waals surface area contributed by atoms with Gasteiger partial charge in [-0.3, -0.25) is 0 Å². The zero-order valence-electron chi connectivity index (χ0n) is 22.8. The van der Waals surface area contributed by atoms with Gasteiger partial charge in [-0.15, -0.1) is 0 Å². The molecule has 0 radical (unpaired) electrons. The lowest BCUT2D eigenvalue weighted by Crippen LogP contribution is -2.61. The van der Waals surface area contributed by atoms with Crippen molar-refractivity contribution in [2.45, 2.75) is 77.5 Å². The third-order valence-electron chi connectivity index (χ3n) is 7.44. The Balaban J connectivity index is 1.56. The lowest BCUT2D eigenvalue weighted by atomic mass is 9.77.